The molecule has 152 valence electrons. The molecule has 1 aliphatic heterocycles. The minimum Gasteiger partial charge on any atom is -0.486 e. The first-order chi connectivity index (χ1) is 14.7. The molecule has 3 aromatic carbocycles. The van der Waals surface area contributed by atoms with Crippen LogP contribution >= 0.6 is 0 Å². The number of benzene rings is 3. The van der Waals surface area contributed by atoms with Crippen LogP contribution in [0.2, 0.25) is 0 Å². The van der Waals surface area contributed by atoms with Crippen molar-refractivity contribution in [2.45, 2.75) is 12.5 Å². The maximum Gasteiger partial charge on any atom is 0.311 e. The Labute approximate surface area is 174 Å². The number of esters is 1. The summed E-state index contributed by atoms with van der Waals surface area (Å²) in [6, 6.07) is 23.3. The summed E-state index contributed by atoms with van der Waals surface area (Å²) in [7, 11) is 0. The first kappa shape index (κ1) is 19.5. The molecule has 1 unspecified atom stereocenters. The third kappa shape index (κ3) is 4.78. The highest BCUT2D eigenvalue weighted by Crippen LogP contribution is 2.31. The van der Waals surface area contributed by atoms with Crippen LogP contribution in [0, 0.1) is 0 Å². The van der Waals surface area contributed by atoms with E-state index in [4.69, 9.17) is 14.2 Å². The fourth-order valence-electron chi connectivity index (χ4n) is 3.17. The molecule has 0 saturated carbocycles. The van der Waals surface area contributed by atoms with E-state index >= 15 is 0 Å². The topological polar surface area (TPSA) is 73.9 Å². The van der Waals surface area contributed by atoms with Crippen LogP contribution in [0.15, 0.2) is 78.9 Å². The van der Waals surface area contributed by atoms with Gasteiger partial charge in [0.15, 0.2) is 11.5 Å². The molecule has 1 aliphatic rings. The molecule has 1 amide bonds. The average Bonchev–Trinajstić information content (AvgIpc) is 2.78. The van der Waals surface area contributed by atoms with E-state index in [0.29, 0.717) is 36.0 Å². The molecule has 0 bridgehead atoms. The van der Waals surface area contributed by atoms with Crippen molar-refractivity contribution >= 4 is 17.6 Å². The van der Waals surface area contributed by atoms with E-state index in [-0.39, 0.29) is 6.42 Å². The van der Waals surface area contributed by atoms with Crippen molar-refractivity contribution < 1.29 is 23.8 Å². The summed E-state index contributed by atoms with van der Waals surface area (Å²) in [5, 5.41) is 2.80. The standard InChI is InChI=1S/C24H21NO5/c26-22(16-17-11-12-20-21(15-17)29-14-13-28-20)30-23(18-7-3-1-4-8-18)24(27)25-19-9-5-2-6-10-19/h1-12,15,23H,13-14,16H2,(H,25,27). The summed E-state index contributed by atoms with van der Waals surface area (Å²) in [6.07, 6.45) is -1.05. The quantitative estimate of drug-likeness (QED) is 0.632. The van der Waals surface area contributed by atoms with Crippen molar-refractivity contribution in [1.82, 2.24) is 0 Å². The van der Waals surface area contributed by atoms with Crippen LogP contribution in [-0.2, 0) is 20.7 Å². The van der Waals surface area contributed by atoms with E-state index in [1.807, 2.05) is 24.3 Å². The number of para-hydroxylation sites is 1. The van der Waals surface area contributed by atoms with Gasteiger partial charge in [-0.05, 0) is 29.8 Å². The highest BCUT2D eigenvalue weighted by Gasteiger charge is 2.25. The molecule has 1 heterocycles. The van der Waals surface area contributed by atoms with Gasteiger partial charge >= 0.3 is 5.97 Å². The number of anilines is 1. The molecule has 6 heteroatoms. The lowest BCUT2D eigenvalue weighted by Crippen LogP contribution is -2.26. The first-order valence-corrected chi connectivity index (χ1v) is 9.68. The second-order valence-corrected chi connectivity index (χ2v) is 6.79. The Bertz CT molecular complexity index is 1020. The predicted octanol–water partition coefficient (Wildman–Crippen LogP) is 3.92. The molecular weight excluding hydrogens is 382 g/mol. The lowest BCUT2D eigenvalue weighted by molar-refractivity contribution is -0.154. The zero-order valence-corrected chi connectivity index (χ0v) is 16.2. The lowest BCUT2D eigenvalue weighted by atomic mass is 10.1. The average molecular weight is 403 g/mol. The van der Waals surface area contributed by atoms with Crippen LogP contribution in [-0.4, -0.2) is 25.1 Å². The first-order valence-electron chi connectivity index (χ1n) is 9.68. The molecule has 0 radical (unpaired) electrons. The molecule has 0 spiro atoms. The third-order valence-corrected chi connectivity index (χ3v) is 4.59. The zero-order valence-electron chi connectivity index (χ0n) is 16.2. The second-order valence-electron chi connectivity index (χ2n) is 6.79. The number of rotatable bonds is 6. The van der Waals surface area contributed by atoms with Crippen LogP contribution in [0.3, 0.4) is 0 Å². The lowest BCUT2D eigenvalue weighted by Gasteiger charge is -2.20. The summed E-state index contributed by atoms with van der Waals surface area (Å²) in [5.74, 6) is 0.336. The van der Waals surface area contributed by atoms with Crippen LogP contribution in [0.4, 0.5) is 5.69 Å². The zero-order chi connectivity index (χ0) is 20.8. The molecule has 3 aromatic rings. The fourth-order valence-corrected chi connectivity index (χ4v) is 3.17. The normalized spacial score (nSPS) is 13.2. The highest BCUT2D eigenvalue weighted by molar-refractivity contribution is 5.96. The number of ether oxygens (including phenoxy) is 3. The van der Waals surface area contributed by atoms with Gasteiger partial charge < -0.3 is 19.5 Å². The van der Waals surface area contributed by atoms with E-state index in [9.17, 15) is 9.59 Å². The molecule has 0 aliphatic carbocycles. The van der Waals surface area contributed by atoms with Gasteiger partial charge in [0.25, 0.3) is 5.91 Å². The molecule has 0 fully saturated rings. The number of fused-ring (bicyclic) bond motifs is 1. The largest absolute Gasteiger partial charge is 0.486 e. The summed E-state index contributed by atoms with van der Waals surface area (Å²) in [6.45, 7) is 0.973. The minimum atomic E-state index is -1.06. The number of hydrogen-bond donors (Lipinski definition) is 1. The van der Waals surface area contributed by atoms with Gasteiger partial charge in [-0.2, -0.15) is 0 Å². The highest BCUT2D eigenvalue weighted by atomic mass is 16.6. The van der Waals surface area contributed by atoms with Gasteiger partial charge in [-0.15, -0.1) is 0 Å². The third-order valence-electron chi connectivity index (χ3n) is 4.59. The van der Waals surface area contributed by atoms with Crippen LogP contribution < -0.4 is 14.8 Å². The smallest absolute Gasteiger partial charge is 0.311 e. The summed E-state index contributed by atoms with van der Waals surface area (Å²) in [5.41, 5.74) is 1.95. The number of carbonyl (C=O) groups is 2. The molecule has 1 N–H and O–H groups in total. The Morgan fingerprint density at radius 3 is 2.27 bits per heavy atom. The van der Waals surface area contributed by atoms with Gasteiger partial charge in [0, 0.05) is 11.3 Å². The van der Waals surface area contributed by atoms with Gasteiger partial charge in [0.1, 0.15) is 13.2 Å². The summed E-state index contributed by atoms with van der Waals surface area (Å²) in [4.78, 5) is 25.5. The second kappa shape index (κ2) is 9.13. The van der Waals surface area contributed by atoms with Gasteiger partial charge in [0.2, 0.25) is 6.10 Å². The van der Waals surface area contributed by atoms with E-state index < -0.39 is 18.0 Å². The Balaban J connectivity index is 1.48. The molecule has 1 atom stereocenters. The van der Waals surface area contributed by atoms with E-state index in [1.165, 1.54) is 0 Å². The number of carbonyl (C=O) groups excluding carboxylic acids is 2. The van der Waals surface area contributed by atoms with E-state index in [1.54, 1.807) is 54.6 Å². The summed E-state index contributed by atoms with van der Waals surface area (Å²) < 4.78 is 16.7. The van der Waals surface area contributed by atoms with Gasteiger partial charge in [-0.1, -0.05) is 54.6 Å². The SMILES string of the molecule is O=C(Cc1ccc2c(c1)OCCO2)OC(C(=O)Nc1ccccc1)c1ccccc1. The van der Waals surface area contributed by atoms with Crippen molar-refractivity contribution in [1.29, 1.82) is 0 Å². The van der Waals surface area contributed by atoms with Crippen LogP contribution in [0.1, 0.15) is 17.2 Å². The Kier molecular flexibility index (Phi) is 5.94. The summed E-state index contributed by atoms with van der Waals surface area (Å²) >= 11 is 0. The van der Waals surface area contributed by atoms with Crippen LogP contribution in [0.5, 0.6) is 11.5 Å². The van der Waals surface area contributed by atoms with Gasteiger partial charge in [-0.3, -0.25) is 9.59 Å². The fraction of sp³-hybridized carbons (Fsp3) is 0.167. The minimum absolute atomic E-state index is 0.0125. The Morgan fingerprint density at radius 1 is 0.867 bits per heavy atom. The predicted molar refractivity (Wildman–Crippen MR) is 111 cm³/mol. The Hall–Kier alpha value is -3.80. The van der Waals surface area contributed by atoms with Crippen molar-refractivity contribution in [2.75, 3.05) is 18.5 Å². The molecule has 4 rings (SSSR count). The van der Waals surface area contributed by atoms with E-state index in [0.717, 1.165) is 5.56 Å². The van der Waals surface area contributed by atoms with Crippen molar-refractivity contribution in [3.63, 3.8) is 0 Å². The molecule has 6 nitrogen and oxygen atoms in total. The number of hydrogen-bond acceptors (Lipinski definition) is 5. The van der Waals surface area contributed by atoms with Crippen molar-refractivity contribution in [2.24, 2.45) is 0 Å². The van der Waals surface area contributed by atoms with Crippen molar-refractivity contribution in [3.8, 4) is 11.5 Å². The molecular formula is C24H21NO5. The number of nitrogens with one attached hydrogen (secondary N) is 1. The van der Waals surface area contributed by atoms with Crippen LogP contribution in [0.25, 0.3) is 0 Å². The maximum atomic E-state index is 12.9. The van der Waals surface area contributed by atoms with Gasteiger partial charge in [0.05, 0.1) is 6.42 Å². The number of amides is 1. The Morgan fingerprint density at radius 2 is 1.53 bits per heavy atom. The van der Waals surface area contributed by atoms with Crippen molar-refractivity contribution in [3.05, 3.63) is 90.0 Å². The van der Waals surface area contributed by atoms with E-state index in [2.05, 4.69) is 5.32 Å². The molecule has 0 aromatic heterocycles. The maximum absolute atomic E-state index is 12.9. The monoisotopic (exact) mass is 403 g/mol. The molecule has 0 saturated heterocycles. The molecule has 30 heavy (non-hydrogen) atoms. The van der Waals surface area contributed by atoms with Gasteiger partial charge in [-0.25, -0.2) is 0 Å².